The maximum Gasteiger partial charge on any atom is 0.407 e. The zero-order valence-electron chi connectivity index (χ0n) is 10.7. The van der Waals surface area contributed by atoms with Crippen LogP contribution in [0.15, 0.2) is 23.8 Å². The molecular weight excluding hydrogens is 249 g/mol. The third-order valence-corrected chi connectivity index (χ3v) is 3.24. The Labute approximate surface area is 111 Å². The zero-order chi connectivity index (χ0) is 13.8. The van der Waals surface area contributed by atoms with Crippen molar-refractivity contribution in [1.82, 2.24) is 4.90 Å². The van der Waals surface area contributed by atoms with Crippen molar-refractivity contribution in [3.05, 3.63) is 35.2 Å². The number of carbonyl (C=O) groups is 1. The predicted molar refractivity (Wildman–Crippen MR) is 69.8 cm³/mol. The minimum Gasteiger partial charge on any atom is -0.497 e. The van der Waals surface area contributed by atoms with Crippen molar-refractivity contribution in [2.45, 2.75) is 12.8 Å². The first-order valence-corrected chi connectivity index (χ1v) is 6.11. The molecule has 0 atom stereocenters. The topological polar surface area (TPSA) is 49.8 Å². The molecule has 0 aromatic heterocycles. The summed E-state index contributed by atoms with van der Waals surface area (Å²) < 4.78 is 18.7. The third kappa shape index (κ3) is 3.24. The lowest BCUT2D eigenvalue weighted by atomic mass is 10.0. The Morgan fingerprint density at radius 3 is 2.63 bits per heavy atom. The summed E-state index contributed by atoms with van der Waals surface area (Å²) in [6.07, 6.45) is 2.21. The molecule has 1 aliphatic rings. The SMILES string of the molecule is COc1ccc(C=C2CCN(C(=O)O)CC2)c(F)c1. The fourth-order valence-electron chi connectivity index (χ4n) is 2.10. The van der Waals surface area contributed by atoms with E-state index in [1.807, 2.05) is 0 Å². The largest absolute Gasteiger partial charge is 0.497 e. The summed E-state index contributed by atoms with van der Waals surface area (Å²) >= 11 is 0. The van der Waals surface area contributed by atoms with Gasteiger partial charge < -0.3 is 14.7 Å². The molecule has 1 N–H and O–H groups in total. The molecule has 102 valence electrons. The second-order valence-electron chi connectivity index (χ2n) is 4.46. The number of hydrogen-bond acceptors (Lipinski definition) is 2. The van der Waals surface area contributed by atoms with Gasteiger partial charge >= 0.3 is 6.09 Å². The molecule has 1 fully saturated rings. The van der Waals surface area contributed by atoms with E-state index in [2.05, 4.69) is 0 Å². The summed E-state index contributed by atoms with van der Waals surface area (Å²) in [5.41, 5.74) is 1.58. The summed E-state index contributed by atoms with van der Waals surface area (Å²) in [4.78, 5) is 12.2. The molecule has 1 amide bonds. The fraction of sp³-hybridized carbons (Fsp3) is 0.357. The van der Waals surface area contributed by atoms with E-state index in [-0.39, 0.29) is 5.82 Å². The van der Waals surface area contributed by atoms with Crippen LogP contribution in [0.2, 0.25) is 0 Å². The molecule has 0 aliphatic carbocycles. The van der Waals surface area contributed by atoms with Gasteiger partial charge in [0.2, 0.25) is 0 Å². The Kier molecular flexibility index (Phi) is 4.04. The molecule has 1 aliphatic heterocycles. The van der Waals surface area contributed by atoms with Crippen LogP contribution in [0.3, 0.4) is 0 Å². The van der Waals surface area contributed by atoms with Gasteiger partial charge in [-0.2, -0.15) is 0 Å². The van der Waals surface area contributed by atoms with Crippen molar-refractivity contribution in [3.63, 3.8) is 0 Å². The number of ether oxygens (including phenoxy) is 1. The normalized spacial score (nSPS) is 15.3. The molecular formula is C14H16FNO3. The number of benzene rings is 1. The van der Waals surface area contributed by atoms with Gasteiger partial charge in [0.25, 0.3) is 0 Å². The van der Waals surface area contributed by atoms with E-state index < -0.39 is 6.09 Å². The van der Waals surface area contributed by atoms with Crippen molar-refractivity contribution in [2.75, 3.05) is 20.2 Å². The molecule has 2 rings (SSSR count). The van der Waals surface area contributed by atoms with Gasteiger partial charge in [0.1, 0.15) is 11.6 Å². The van der Waals surface area contributed by atoms with E-state index in [1.165, 1.54) is 18.1 Å². The molecule has 0 radical (unpaired) electrons. The van der Waals surface area contributed by atoms with Gasteiger partial charge in [-0.1, -0.05) is 11.6 Å². The highest BCUT2D eigenvalue weighted by molar-refractivity contribution is 5.65. The van der Waals surface area contributed by atoms with Crippen molar-refractivity contribution >= 4 is 12.2 Å². The van der Waals surface area contributed by atoms with Crippen LogP contribution < -0.4 is 4.74 Å². The number of carboxylic acid groups (broad SMARTS) is 1. The van der Waals surface area contributed by atoms with Gasteiger partial charge in [-0.25, -0.2) is 9.18 Å². The Morgan fingerprint density at radius 2 is 2.11 bits per heavy atom. The van der Waals surface area contributed by atoms with E-state index in [0.717, 1.165) is 5.57 Å². The van der Waals surface area contributed by atoms with Gasteiger partial charge in [0.15, 0.2) is 0 Å². The Hall–Kier alpha value is -2.04. The number of methoxy groups -OCH3 is 1. The molecule has 0 saturated carbocycles. The highest BCUT2D eigenvalue weighted by atomic mass is 19.1. The van der Waals surface area contributed by atoms with Crippen molar-refractivity contribution < 1.29 is 19.0 Å². The smallest absolute Gasteiger partial charge is 0.407 e. The lowest BCUT2D eigenvalue weighted by Crippen LogP contribution is -2.35. The lowest BCUT2D eigenvalue weighted by Gasteiger charge is -2.25. The van der Waals surface area contributed by atoms with E-state index >= 15 is 0 Å². The molecule has 19 heavy (non-hydrogen) atoms. The van der Waals surface area contributed by atoms with Gasteiger partial charge in [0, 0.05) is 24.7 Å². The zero-order valence-corrected chi connectivity index (χ0v) is 10.7. The lowest BCUT2D eigenvalue weighted by molar-refractivity contribution is 0.142. The fourth-order valence-corrected chi connectivity index (χ4v) is 2.10. The summed E-state index contributed by atoms with van der Waals surface area (Å²) in [6, 6.07) is 4.73. The quantitative estimate of drug-likeness (QED) is 0.894. The van der Waals surface area contributed by atoms with Crippen LogP contribution in [0.1, 0.15) is 18.4 Å². The average molecular weight is 265 g/mol. The van der Waals surface area contributed by atoms with Crippen molar-refractivity contribution in [2.24, 2.45) is 0 Å². The first-order chi connectivity index (χ1) is 9.10. The van der Waals surface area contributed by atoms with Gasteiger partial charge in [0.05, 0.1) is 7.11 Å². The predicted octanol–water partition coefficient (Wildman–Crippen LogP) is 2.99. The van der Waals surface area contributed by atoms with Crippen LogP contribution in [0.4, 0.5) is 9.18 Å². The average Bonchev–Trinajstić information content (AvgIpc) is 2.41. The number of nitrogens with zero attached hydrogens (tertiary/aromatic N) is 1. The summed E-state index contributed by atoms with van der Waals surface area (Å²) in [5, 5.41) is 8.85. The molecule has 1 saturated heterocycles. The number of halogens is 1. The van der Waals surface area contributed by atoms with Crippen LogP contribution in [0, 0.1) is 5.82 Å². The standard InChI is InChI=1S/C14H16FNO3/c1-19-12-3-2-11(13(15)9-12)8-10-4-6-16(7-5-10)14(17)18/h2-3,8-9H,4-7H2,1H3,(H,17,18). The van der Waals surface area contributed by atoms with Gasteiger partial charge in [-0.3, -0.25) is 0 Å². The molecule has 1 aromatic rings. The number of hydrogen-bond donors (Lipinski definition) is 1. The van der Waals surface area contributed by atoms with E-state index in [9.17, 15) is 9.18 Å². The minimum atomic E-state index is -0.894. The highest BCUT2D eigenvalue weighted by Crippen LogP contribution is 2.23. The molecule has 0 unspecified atom stereocenters. The summed E-state index contributed by atoms with van der Waals surface area (Å²) in [7, 11) is 1.49. The first-order valence-electron chi connectivity index (χ1n) is 6.11. The molecule has 1 aromatic carbocycles. The monoisotopic (exact) mass is 265 g/mol. The Morgan fingerprint density at radius 1 is 1.42 bits per heavy atom. The Bertz CT molecular complexity index is 503. The molecule has 4 nitrogen and oxygen atoms in total. The van der Waals surface area contributed by atoms with Crippen LogP contribution in [0.5, 0.6) is 5.75 Å². The number of rotatable bonds is 2. The van der Waals surface area contributed by atoms with Gasteiger partial charge in [-0.05, 0) is 25.0 Å². The summed E-state index contributed by atoms with van der Waals surface area (Å²) in [6.45, 7) is 0.942. The minimum absolute atomic E-state index is 0.326. The van der Waals surface area contributed by atoms with Crippen molar-refractivity contribution in [1.29, 1.82) is 0 Å². The number of piperidine rings is 1. The van der Waals surface area contributed by atoms with Crippen LogP contribution in [-0.4, -0.2) is 36.3 Å². The van der Waals surface area contributed by atoms with E-state index in [1.54, 1.807) is 18.2 Å². The van der Waals surface area contributed by atoms with Gasteiger partial charge in [-0.15, -0.1) is 0 Å². The summed E-state index contributed by atoms with van der Waals surface area (Å²) in [5.74, 6) is 0.160. The first kappa shape index (κ1) is 13.4. The van der Waals surface area contributed by atoms with Crippen molar-refractivity contribution in [3.8, 4) is 5.75 Å². The molecule has 0 spiro atoms. The van der Waals surface area contributed by atoms with E-state index in [0.29, 0.717) is 37.2 Å². The Balaban J connectivity index is 2.08. The van der Waals surface area contributed by atoms with Crippen LogP contribution in [-0.2, 0) is 0 Å². The maximum absolute atomic E-state index is 13.8. The maximum atomic E-state index is 13.8. The molecule has 1 heterocycles. The van der Waals surface area contributed by atoms with Crippen LogP contribution in [0.25, 0.3) is 6.08 Å². The second-order valence-corrected chi connectivity index (χ2v) is 4.46. The molecule has 0 bridgehead atoms. The highest BCUT2D eigenvalue weighted by Gasteiger charge is 2.18. The number of amides is 1. The van der Waals surface area contributed by atoms with Crippen LogP contribution >= 0.6 is 0 Å². The second kappa shape index (κ2) is 5.73. The molecule has 5 heteroatoms. The third-order valence-electron chi connectivity index (χ3n) is 3.24. The number of likely N-dealkylation sites (tertiary alicyclic amines) is 1. The van der Waals surface area contributed by atoms with E-state index in [4.69, 9.17) is 9.84 Å².